The molecule has 0 atom stereocenters. The second kappa shape index (κ2) is 4.07. The summed E-state index contributed by atoms with van der Waals surface area (Å²) in [7, 11) is 1.82. The number of nitrogens with zero attached hydrogens (tertiary/aromatic N) is 3. The molecule has 0 saturated heterocycles. The average molecular weight is 213 g/mol. The first-order valence-corrected chi connectivity index (χ1v) is 4.87. The van der Waals surface area contributed by atoms with Crippen molar-refractivity contribution in [2.24, 2.45) is 7.05 Å². The van der Waals surface area contributed by atoms with Crippen LogP contribution in [0.25, 0.3) is 0 Å². The van der Waals surface area contributed by atoms with Gasteiger partial charge in [0.25, 0.3) is 0 Å². The van der Waals surface area contributed by atoms with E-state index < -0.39 is 0 Å². The molecule has 0 N–H and O–H groups in total. The second-order valence-corrected chi connectivity index (χ2v) is 3.52. The van der Waals surface area contributed by atoms with Crippen LogP contribution in [0.15, 0.2) is 30.6 Å². The van der Waals surface area contributed by atoms with Gasteiger partial charge in [-0.05, 0) is 18.6 Å². The molecule has 0 aliphatic carbocycles. The first kappa shape index (κ1) is 10.2. The molecular weight excluding hydrogens is 202 g/mol. The van der Waals surface area contributed by atoms with Crippen LogP contribution < -0.4 is 4.74 Å². The van der Waals surface area contributed by atoms with Gasteiger partial charge in [-0.3, -0.25) is 4.68 Å². The molecule has 0 aliphatic rings. The number of aromatic nitrogens is 2. The highest BCUT2D eigenvalue weighted by atomic mass is 16.5. The number of nitriles is 1. The normalized spacial score (nSPS) is 9.81. The van der Waals surface area contributed by atoms with Gasteiger partial charge in [0, 0.05) is 7.05 Å². The Balaban J connectivity index is 2.38. The van der Waals surface area contributed by atoms with E-state index in [9.17, 15) is 0 Å². The number of aryl methyl sites for hydroxylation is 2. The van der Waals surface area contributed by atoms with E-state index >= 15 is 0 Å². The zero-order chi connectivity index (χ0) is 11.5. The molecule has 0 aliphatic heterocycles. The van der Waals surface area contributed by atoms with Crippen molar-refractivity contribution in [3.63, 3.8) is 0 Å². The minimum Gasteiger partial charge on any atom is -0.452 e. The first-order chi connectivity index (χ1) is 7.70. The molecule has 0 unspecified atom stereocenters. The van der Waals surface area contributed by atoms with E-state index in [0.29, 0.717) is 17.1 Å². The molecule has 0 amide bonds. The lowest BCUT2D eigenvalue weighted by Crippen LogP contribution is -1.90. The summed E-state index contributed by atoms with van der Waals surface area (Å²) in [5, 5.41) is 13.0. The van der Waals surface area contributed by atoms with E-state index in [1.54, 1.807) is 23.1 Å². The van der Waals surface area contributed by atoms with Gasteiger partial charge < -0.3 is 4.74 Å². The molecule has 0 radical (unpaired) electrons. The Kier molecular flexibility index (Phi) is 2.61. The van der Waals surface area contributed by atoms with Crippen molar-refractivity contribution in [1.82, 2.24) is 9.78 Å². The maximum Gasteiger partial charge on any atom is 0.165 e. The third-order valence-electron chi connectivity index (χ3n) is 2.23. The van der Waals surface area contributed by atoms with Crippen molar-refractivity contribution < 1.29 is 4.74 Å². The van der Waals surface area contributed by atoms with Gasteiger partial charge in [-0.1, -0.05) is 12.1 Å². The molecule has 1 aromatic carbocycles. The highest BCUT2D eigenvalue weighted by Crippen LogP contribution is 2.27. The highest BCUT2D eigenvalue weighted by Gasteiger charge is 2.08. The van der Waals surface area contributed by atoms with E-state index in [1.165, 1.54) is 0 Å². The van der Waals surface area contributed by atoms with Crippen molar-refractivity contribution in [3.05, 3.63) is 41.7 Å². The Morgan fingerprint density at radius 2 is 2.25 bits per heavy atom. The molecule has 1 aromatic heterocycles. The van der Waals surface area contributed by atoms with Gasteiger partial charge in [0.1, 0.15) is 11.8 Å². The molecule has 16 heavy (non-hydrogen) atoms. The van der Waals surface area contributed by atoms with Gasteiger partial charge in [-0.2, -0.15) is 10.4 Å². The van der Waals surface area contributed by atoms with Gasteiger partial charge in [0.15, 0.2) is 5.75 Å². The van der Waals surface area contributed by atoms with Crippen molar-refractivity contribution in [2.45, 2.75) is 6.92 Å². The molecule has 0 bridgehead atoms. The van der Waals surface area contributed by atoms with Crippen LogP contribution in [0, 0.1) is 18.3 Å². The Hall–Kier alpha value is -2.28. The fraction of sp³-hybridized carbons (Fsp3) is 0.167. The molecule has 1 heterocycles. The van der Waals surface area contributed by atoms with Gasteiger partial charge in [-0.15, -0.1) is 0 Å². The number of hydrogen-bond donors (Lipinski definition) is 0. The van der Waals surface area contributed by atoms with Crippen molar-refractivity contribution >= 4 is 0 Å². The largest absolute Gasteiger partial charge is 0.452 e. The summed E-state index contributed by atoms with van der Waals surface area (Å²) in [6.45, 7) is 1.91. The molecule has 2 aromatic rings. The van der Waals surface area contributed by atoms with Gasteiger partial charge in [0.05, 0.1) is 18.0 Å². The lowest BCUT2D eigenvalue weighted by Gasteiger charge is -2.07. The maximum absolute atomic E-state index is 8.98. The molecule has 0 spiro atoms. The molecule has 2 rings (SSSR count). The number of rotatable bonds is 2. The van der Waals surface area contributed by atoms with Crippen LogP contribution in [0.3, 0.4) is 0 Å². The molecule has 4 heteroatoms. The minimum absolute atomic E-state index is 0.531. The van der Waals surface area contributed by atoms with Crippen LogP contribution in [0.4, 0.5) is 0 Å². The summed E-state index contributed by atoms with van der Waals surface area (Å²) in [4.78, 5) is 0. The fourth-order valence-corrected chi connectivity index (χ4v) is 1.45. The zero-order valence-corrected chi connectivity index (χ0v) is 9.14. The second-order valence-electron chi connectivity index (χ2n) is 3.52. The lowest BCUT2D eigenvalue weighted by molar-refractivity contribution is 0.476. The van der Waals surface area contributed by atoms with E-state index in [4.69, 9.17) is 10.00 Å². The predicted molar refractivity (Wildman–Crippen MR) is 59.2 cm³/mol. The smallest absolute Gasteiger partial charge is 0.165 e. The van der Waals surface area contributed by atoms with Gasteiger partial charge in [0.2, 0.25) is 0 Å². The topological polar surface area (TPSA) is 50.8 Å². The predicted octanol–water partition coefficient (Wildman–Crippen LogP) is 2.39. The first-order valence-electron chi connectivity index (χ1n) is 4.87. The van der Waals surface area contributed by atoms with E-state index in [-0.39, 0.29) is 0 Å². The van der Waals surface area contributed by atoms with E-state index in [2.05, 4.69) is 11.2 Å². The minimum atomic E-state index is 0.531. The number of hydrogen-bond acceptors (Lipinski definition) is 3. The molecule has 80 valence electrons. The van der Waals surface area contributed by atoms with Crippen molar-refractivity contribution in [2.75, 3.05) is 0 Å². The summed E-state index contributed by atoms with van der Waals surface area (Å²) in [6.07, 6.45) is 3.38. The lowest BCUT2D eigenvalue weighted by atomic mass is 10.1. The molecular formula is C12H11N3O. The highest BCUT2D eigenvalue weighted by molar-refractivity contribution is 5.49. The van der Waals surface area contributed by atoms with E-state index in [1.807, 2.05) is 26.1 Å². The number of para-hydroxylation sites is 1. The third kappa shape index (κ3) is 1.89. The van der Waals surface area contributed by atoms with Crippen LogP contribution in [0.2, 0.25) is 0 Å². The SMILES string of the molecule is Cc1cccc(C#N)c1Oc1cnn(C)c1. The third-order valence-corrected chi connectivity index (χ3v) is 2.23. The van der Waals surface area contributed by atoms with Crippen LogP contribution >= 0.6 is 0 Å². The van der Waals surface area contributed by atoms with Gasteiger partial charge >= 0.3 is 0 Å². The monoisotopic (exact) mass is 213 g/mol. The van der Waals surface area contributed by atoms with E-state index in [0.717, 1.165) is 5.56 Å². The van der Waals surface area contributed by atoms with Crippen LogP contribution in [-0.4, -0.2) is 9.78 Å². The Labute approximate surface area is 93.7 Å². The average Bonchev–Trinajstić information content (AvgIpc) is 2.67. The Bertz CT molecular complexity index is 552. The summed E-state index contributed by atoms with van der Waals surface area (Å²) in [5.74, 6) is 1.23. The van der Waals surface area contributed by atoms with Crippen LogP contribution in [-0.2, 0) is 7.05 Å². The summed E-state index contributed by atoms with van der Waals surface area (Å²) in [5.41, 5.74) is 1.46. The van der Waals surface area contributed by atoms with Crippen molar-refractivity contribution in [3.8, 4) is 17.6 Å². The zero-order valence-electron chi connectivity index (χ0n) is 9.14. The van der Waals surface area contributed by atoms with Gasteiger partial charge in [-0.25, -0.2) is 0 Å². The number of ether oxygens (including phenoxy) is 1. The Morgan fingerprint density at radius 3 is 2.88 bits per heavy atom. The molecule has 4 nitrogen and oxygen atoms in total. The van der Waals surface area contributed by atoms with Crippen LogP contribution in [0.5, 0.6) is 11.5 Å². The molecule has 0 fully saturated rings. The standard InChI is InChI=1S/C12H11N3O/c1-9-4-3-5-10(6-13)12(9)16-11-7-14-15(2)8-11/h3-5,7-8H,1-2H3. The summed E-state index contributed by atoms with van der Waals surface area (Å²) in [6, 6.07) is 7.59. The van der Waals surface area contributed by atoms with Crippen LogP contribution in [0.1, 0.15) is 11.1 Å². The Morgan fingerprint density at radius 1 is 1.44 bits per heavy atom. The molecule has 0 saturated carbocycles. The quantitative estimate of drug-likeness (QED) is 0.769. The van der Waals surface area contributed by atoms with Crippen molar-refractivity contribution in [1.29, 1.82) is 5.26 Å². The number of benzene rings is 1. The fourth-order valence-electron chi connectivity index (χ4n) is 1.45. The maximum atomic E-state index is 8.98. The summed E-state index contributed by atoms with van der Waals surface area (Å²) >= 11 is 0. The summed E-state index contributed by atoms with van der Waals surface area (Å²) < 4.78 is 7.30.